The van der Waals surface area contributed by atoms with E-state index in [1.807, 2.05) is 41.2 Å². The van der Waals surface area contributed by atoms with Gasteiger partial charge in [-0.05, 0) is 74.1 Å². The Labute approximate surface area is 233 Å². The number of fused-ring (bicyclic) bond motifs is 2. The van der Waals surface area contributed by atoms with Gasteiger partial charge in [-0.3, -0.25) is 14.5 Å². The predicted molar refractivity (Wildman–Crippen MR) is 142 cm³/mol. The first-order valence-electron chi connectivity index (χ1n) is 13.0. The maximum Gasteiger partial charge on any atom is 0.397 e. The molecule has 6 nitrogen and oxygen atoms in total. The van der Waals surface area contributed by atoms with E-state index in [1.165, 1.54) is 4.90 Å². The maximum absolute atomic E-state index is 13.2. The zero-order valence-electron chi connectivity index (χ0n) is 21.4. The molecule has 1 amide bonds. The molecular weight excluding hydrogens is 612 g/mol. The Hall–Kier alpha value is -2.08. The second-order valence-corrected chi connectivity index (χ2v) is 12.8. The lowest BCUT2D eigenvalue weighted by Crippen LogP contribution is -2.57. The molecule has 2 aliphatic heterocycles. The number of piperidine rings is 2. The zero-order chi connectivity index (χ0) is 27.2. The van der Waals surface area contributed by atoms with Crippen LogP contribution in [0.5, 0.6) is 5.75 Å². The fourth-order valence-electron chi connectivity index (χ4n) is 7.43. The van der Waals surface area contributed by atoms with Gasteiger partial charge in [-0.1, -0.05) is 18.2 Å². The van der Waals surface area contributed by atoms with Gasteiger partial charge in [0.15, 0.2) is 23.0 Å². The minimum atomic E-state index is -4.57. The molecule has 3 bridgehead atoms. The van der Waals surface area contributed by atoms with Crippen molar-refractivity contribution in [1.82, 2.24) is 9.80 Å². The molecule has 204 valence electrons. The highest BCUT2D eigenvalue weighted by molar-refractivity contribution is 14.1. The third-order valence-electron chi connectivity index (χ3n) is 8.83. The SMILES string of the molecule is CC(C)(C)C(=O)O[C@@H]1C2[C@H]3CC(CN2C(=O)CC(F)(F)F)CC12C3N2Cc1ccc2cc(OI)ccc2c1. The molecule has 0 N–H and O–H groups in total. The van der Waals surface area contributed by atoms with E-state index in [1.54, 1.807) is 20.8 Å². The van der Waals surface area contributed by atoms with E-state index in [0.29, 0.717) is 19.5 Å². The first-order chi connectivity index (χ1) is 17.8. The van der Waals surface area contributed by atoms with Gasteiger partial charge in [0.2, 0.25) is 5.91 Å². The zero-order valence-corrected chi connectivity index (χ0v) is 23.6. The fraction of sp³-hybridized carbons (Fsp3) is 0.571. The molecule has 2 saturated heterocycles. The number of carbonyl (C=O) groups excluding carboxylic acids is 2. The number of hydrogen-bond acceptors (Lipinski definition) is 5. The van der Waals surface area contributed by atoms with Crippen molar-refractivity contribution in [3.8, 4) is 5.75 Å². The number of halogens is 4. The summed E-state index contributed by atoms with van der Waals surface area (Å²) in [5.41, 5.74) is -0.0890. The summed E-state index contributed by atoms with van der Waals surface area (Å²) in [6.07, 6.45) is -5.14. The van der Waals surface area contributed by atoms with E-state index in [4.69, 9.17) is 7.80 Å². The normalized spacial score (nSPS) is 33.3. The van der Waals surface area contributed by atoms with E-state index < -0.39 is 41.6 Å². The van der Waals surface area contributed by atoms with Gasteiger partial charge >= 0.3 is 12.1 Å². The number of likely N-dealkylation sites (tertiary alicyclic amines) is 2. The van der Waals surface area contributed by atoms with Crippen LogP contribution in [0.2, 0.25) is 0 Å². The lowest BCUT2D eigenvalue weighted by Gasteiger charge is -2.43. The van der Waals surface area contributed by atoms with Gasteiger partial charge in [-0.25, -0.2) is 0 Å². The minimum absolute atomic E-state index is 0.0127. The number of amides is 1. The van der Waals surface area contributed by atoms with Crippen LogP contribution in [-0.2, 0) is 20.9 Å². The average Bonchev–Trinajstić information content (AvgIpc) is 3.45. The molecule has 2 aliphatic carbocycles. The molecule has 2 heterocycles. The summed E-state index contributed by atoms with van der Waals surface area (Å²) in [5, 5.41) is 2.16. The molecule has 7 atom stereocenters. The maximum atomic E-state index is 13.2. The van der Waals surface area contributed by atoms with Crippen LogP contribution in [0.15, 0.2) is 36.4 Å². The summed E-state index contributed by atoms with van der Waals surface area (Å²) in [6.45, 7) is 6.25. The molecule has 2 saturated carbocycles. The van der Waals surface area contributed by atoms with Crippen LogP contribution in [-0.4, -0.2) is 58.1 Å². The highest BCUT2D eigenvalue weighted by atomic mass is 127. The van der Waals surface area contributed by atoms with E-state index in [9.17, 15) is 22.8 Å². The first kappa shape index (κ1) is 26.2. The van der Waals surface area contributed by atoms with E-state index >= 15 is 0 Å². The number of nitrogens with zero attached hydrogens (tertiary/aromatic N) is 2. The lowest BCUT2D eigenvalue weighted by atomic mass is 9.78. The van der Waals surface area contributed by atoms with Crippen molar-refractivity contribution < 1.29 is 30.6 Å². The van der Waals surface area contributed by atoms with Crippen molar-refractivity contribution >= 4 is 45.7 Å². The van der Waals surface area contributed by atoms with Gasteiger partial charge in [0.05, 0.1) is 17.0 Å². The number of benzene rings is 2. The Balaban J connectivity index is 1.31. The van der Waals surface area contributed by atoms with Crippen LogP contribution in [0, 0.1) is 17.3 Å². The van der Waals surface area contributed by atoms with Crippen molar-refractivity contribution in [2.45, 2.75) is 76.5 Å². The number of hydrogen-bond donors (Lipinski definition) is 0. The predicted octanol–water partition coefficient (Wildman–Crippen LogP) is 5.65. The summed E-state index contributed by atoms with van der Waals surface area (Å²) in [4.78, 5) is 29.7. The Morgan fingerprint density at radius 2 is 1.82 bits per heavy atom. The van der Waals surface area contributed by atoms with Crippen LogP contribution >= 0.6 is 23.0 Å². The summed E-state index contributed by atoms with van der Waals surface area (Å²) in [7, 11) is 0. The second kappa shape index (κ2) is 8.71. The van der Waals surface area contributed by atoms with Crippen LogP contribution in [0.4, 0.5) is 13.2 Å². The number of alkyl halides is 3. The van der Waals surface area contributed by atoms with Gasteiger partial charge in [0.1, 0.15) is 18.3 Å². The highest BCUT2D eigenvalue weighted by Crippen LogP contribution is 2.68. The third kappa shape index (κ3) is 4.17. The number of ether oxygens (including phenoxy) is 1. The average molecular weight is 642 g/mol. The van der Waals surface area contributed by atoms with Gasteiger partial charge < -0.3 is 12.7 Å². The summed E-state index contributed by atoms with van der Waals surface area (Å²) < 4.78 is 51.0. The molecule has 4 fully saturated rings. The fourth-order valence-corrected chi connectivity index (χ4v) is 7.70. The third-order valence-corrected chi connectivity index (χ3v) is 9.34. The summed E-state index contributed by atoms with van der Waals surface area (Å²) in [5.74, 6) is -0.441. The summed E-state index contributed by atoms with van der Waals surface area (Å²) in [6, 6.07) is 11.8. The van der Waals surface area contributed by atoms with Crippen molar-refractivity contribution in [1.29, 1.82) is 0 Å². The van der Waals surface area contributed by atoms with Crippen LogP contribution in [0.1, 0.15) is 45.6 Å². The Kier molecular flexibility index (Phi) is 6.00. The Morgan fingerprint density at radius 3 is 2.50 bits per heavy atom. The second-order valence-electron chi connectivity index (χ2n) is 12.4. The van der Waals surface area contributed by atoms with Crippen LogP contribution in [0.25, 0.3) is 10.8 Å². The van der Waals surface area contributed by atoms with E-state index in [-0.39, 0.29) is 23.8 Å². The van der Waals surface area contributed by atoms with Gasteiger partial charge in [0.25, 0.3) is 0 Å². The van der Waals surface area contributed by atoms with Gasteiger partial charge in [-0.15, -0.1) is 0 Å². The molecule has 6 rings (SSSR count). The quantitative estimate of drug-likeness (QED) is 0.240. The molecular formula is C28H30F3IN2O4. The molecule has 2 aromatic rings. The van der Waals surface area contributed by atoms with Crippen LogP contribution < -0.4 is 3.07 Å². The molecule has 10 heteroatoms. The summed E-state index contributed by atoms with van der Waals surface area (Å²) >= 11 is 1.86. The van der Waals surface area contributed by atoms with Crippen LogP contribution in [0.3, 0.4) is 0 Å². The molecule has 4 aliphatic rings. The van der Waals surface area contributed by atoms with E-state index in [0.717, 1.165) is 28.5 Å². The lowest BCUT2D eigenvalue weighted by molar-refractivity contribution is -0.175. The molecule has 0 radical (unpaired) electrons. The molecule has 0 spiro atoms. The van der Waals surface area contributed by atoms with Crippen molar-refractivity contribution in [2.75, 3.05) is 6.54 Å². The van der Waals surface area contributed by atoms with Gasteiger partial charge in [0, 0.05) is 25.0 Å². The monoisotopic (exact) mass is 642 g/mol. The molecule has 38 heavy (non-hydrogen) atoms. The Bertz CT molecular complexity index is 1310. The molecule has 5 unspecified atom stereocenters. The standard InChI is InChI=1S/C28H30F3IN2O4/c1-26(2,3)25(36)37-24-22-20-9-16(13-33(22)21(35)12-28(29,30)31)11-27(24)23(20)34(27)14-15-4-5-18-10-19(38-32)7-6-17(18)8-15/h4-8,10,16,20,22-24H,9,11-14H2,1-3H3/t16?,20-,22?,23?,24-,27?,34?/m1/s1. The van der Waals surface area contributed by atoms with E-state index in [2.05, 4.69) is 23.1 Å². The largest absolute Gasteiger partial charge is 0.458 e. The smallest absolute Gasteiger partial charge is 0.397 e. The number of esters is 1. The van der Waals surface area contributed by atoms with Crippen molar-refractivity contribution in [2.24, 2.45) is 17.3 Å². The minimum Gasteiger partial charge on any atom is -0.458 e. The first-order valence-corrected chi connectivity index (χ1v) is 13.9. The highest BCUT2D eigenvalue weighted by Gasteiger charge is 2.82. The van der Waals surface area contributed by atoms with Crippen molar-refractivity contribution in [3.05, 3.63) is 42.0 Å². The number of carbonyl (C=O) groups is 2. The van der Waals surface area contributed by atoms with Gasteiger partial charge in [-0.2, -0.15) is 13.2 Å². The Morgan fingerprint density at radius 1 is 1.11 bits per heavy atom. The molecule has 0 aromatic heterocycles. The molecule has 2 aromatic carbocycles. The topological polar surface area (TPSA) is 58.8 Å². The number of rotatable bonds is 5. The van der Waals surface area contributed by atoms with Crippen molar-refractivity contribution in [3.63, 3.8) is 0 Å².